The van der Waals surface area contributed by atoms with E-state index in [1.165, 1.54) is 31.3 Å². The molecule has 0 fully saturated rings. The Morgan fingerprint density at radius 1 is 1.26 bits per heavy atom. The van der Waals surface area contributed by atoms with Crippen molar-refractivity contribution in [2.75, 3.05) is 20.2 Å². The number of nitrogens with zero attached hydrogens (tertiary/aromatic N) is 1. The van der Waals surface area contributed by atoms with Crippen molar-refractivity contribution in [1.82, 2.24) is 4.31 Å². The van der Waals surface area contributed by atoms with Gasteiger partial charge in [-0.1, -0.05) is 26.0 Å². The third-order valence-electron chi connectivity index (χ3n) is 2.79. The number of hydrogen-bond donors (Lipinski definition) is 1. The summed E-state index contributed by atoms with van der Waals surface area (Å²) in [6, 6.07) is 5.86. The molecule has 19 heavy (non-hydrogen) atoms. The van der Waals surface area contributed by atoms with Gasteiger partial charge >= 0.3 is 0 Å². The summed E-state index contributed by atoms with van der Waals surface area (Å²) in [4.78, 5) is 11.9. The Kier molecular flexibility index (Phi) is 5.22. The van der Waals surface area contributed by atoms with Crippen molar-refractivity contribution in [2.24, 2.45) is 5.92 Å². The molecule has 0 amide bonds. The fraction of sp³-hybridized carbons (Fsp3) is 0.462. The average Bonchev–Trinajstić information content (AvgIpc) is 2.38. The van der Waals surface area contributed by atoms with Crippen molar-refractivity contribution >= 4 is 15.8 Å². The van der Waals surface area contributed by atoms with Gasteiger partial charge in [-0.2, -0.15) is 4.31 Å². The molecule has 0 unspecified atom stereocenters. The van der Waals surface area contributed by atoms with Gasteiger partial charge in [0.05, 0.1) is 11.5 Å². The first-order valence-corrected chi connectivity index (χ1v) is 7.46. The van der Waals surface area contributed by atoms with Crippen LogP contribution in [0.2, 0.25) is 0 Å². The lowest BCUT2D eigenvalue weighted by Crippen LogP contribution is -2.29. The molecule has 106 valence electrons. The summed E-state index contributed by atoms with van der Waals surface area (Å²) in [5, 5.41) is 8.77. The summed E-state index contributed by atoms with van der Waals surface area (Å²) in [7, 11) is -2.20. The van der Waals surface area contributed by atoms with Gasteiger partial charge in [-0.3, -0.25) is 4.79 Å². The number of Topliss-reactive ketones (excluding diaryl/α,β-unsaturated/α-hetero) is 1. The molecule has 0 atom stereocenters. The molecule has 1 rings (SSSR count). The van der Waals surface area contributed by atoms with Crippen molar-refractivity contribution in [1.29, 1.82) is 0 Å². The smallest absolute Gasteiger partial charge is 0.242 e. The monoisotopic (exact) mass is 285 g/mol. The maximum absolute atomic E-state index is 12.1. The molecule has 0 saturated heterocycles. The van der Waals surface area contributed by atoms with Gasteiger partial charge in [-0.25, -0.2) is 8.42 Å². The van der Waals surface area contributed by atoms with E-state index in [0.29, 0.717) is 5.56 Å². The Hall–Kier alpha value is -1.24. The highest BCUT2D eigenvalue weighted by atomic mass is 32.2. The van der Waals surface area contributed by atoms with Crippen molar-refractivity contribution in [2.45, 2.75) is 18.7 Å². The Balaban J connectivity index is 3.02. The van der Waals surface area contributed by atoms with Crippen LogP contribution in [-0.4, -0.2) is 43.8 Å². The molecule has 0 aliphatic rings. The summed E-state index contributed by atoms with van der Waals surface area (Å²) < 4.78 is 25.2. The second-order valence-corrected chi connectivity index (χ2v) is 6.64. The summed E-state index contributed by atoms with van der Waals surface area (Å²) in [6.07, 6.45) is 0. The minimum absolute atomic E-state index is 0.0207. The molecular formula is C13H19NO4S. The van der Waals surface area contributed by atoms with Crippen LogP contribution in [0.4, 0.5) is 0 Å². The SMILES string of the molecule is CC(C)C(=O)c1ccc(S(=O)(=O)N(C)CCO)cc1. The fourth-order valence-electron chi connectivity index (χ4n) is 1.57. The van der Waals surface area contributed by atoms with E-state index in [4.69, 9.17) is 5.11 Å². The molecule has 1 aromatic rings. The van der Waals surface area contributed by atoms with E-state index in [-0.39, 0.29) is 29.7 Å². The van der Waals surface area contributed by atoms with E-state index in [1.54, 1.807) is 13.8 Å². The van der Waals surface area contributed by atoms with E-state index < -0.39 is 10.0 Å². The summed E-state index contributed by atoms with van der Waals surface area (Å²) >= 11 is 0. The first-order valence-electron chi connectivity index (χ1n) is 6.02. The van der Waals surface area contributed by atoms with E-state index in [1.807, 2.05) is 0 Å². The molecule has 0 heterocycles. The largest absolute Gasteiger partial charge is 0.395 e. The van der Waals surface area contributed by atoms with Gasteiger partial charge in [0.2, 0.25) is 10.0 Å². The second kappa shape index (κ2) is 6.27. The van der Waals surface area contributed by atoms with E-state index in [2.05, 4.69) is 0 Å². The molecule has 1 aromatic carbocycles. The van der Waals surface area contributed by atoms with E-state index in [9.17, 15) is 13.2 Å². The third-order valence-corrected chi connectivity index (χ3v) is 4.66. The van der Waals surface area contributed by atoms with E-state index in [0.717, 1.165) is 4.31 Å². The van der Waals surface area contributed by atoms with Gasteiger partial charge in [0.1, 0.15) is 0 Å². The minimum Gasteiger partial charge on any atom is -0.395 e. The molecule has 0 bridgehead atoms. The fourth-order valence-corrected chi connectivity index (χ4v) is 2.73. The predicted octanol–water partition coefficient (Wildman–Crippen LogP) is 1.14. The number of ketones is 1. The number of aliphatic hydroxyl groups excluding tert-OH is 1. The zero-order valence-corrected chi connectivity index (χ0v) is 12.1. The van der Waals surface area contributed by atoms with Crippen LogP contribution in [0.25, 0.3) is 0 Å². The number of likely N-dealkylation sites (N-methyl/N-ethyl adjacent to an activating group) is 1. The lowest BCUT2D eigenvalue weighted by molar-refractivity contribution is 0.0939. The van der Waals surface area contributed by atoms with Gasteiger partial charge in [0.15, 0.2) is 5.78 Å². The maximum Gasteiger partial charge on any atom is 0.242 e. The number of hydrogen-bond acceptors (Lipinski definition) is 4. The van der Waals surface area contributed by atoms with Gasteiger partial charge in [-0.05, 0) is 12.1 Å². The molecule has 5 nitrogen and oxygen atoms in total. The van der Waals surface area contributed by atoms with Crippen LogP contribution < -0.4 is 0 Å². The standard InChI is InChI=1S/C13H19NO4S/c1-10(2)13(16)11-4-6-12(7-5-11)19(17,18)14(3)8-9-15/h4-7,10,15H,8-9H2,1-3H3. The van der Waals surface area contributed by atoms with Gasteiger partial charge in [0, 0.05) is 25.1 Å². The lowest BCUT2D eigenvalue weighted by atomic mass is 10.0. The highest BCUT2D eigenvalue weighted by Gasteiger charge is 2.20. The average molecular weight is 285 g/mol. The molecule has 0 aliphatic heterocycles. The van der Waals surface area contributed by atoms with Crippen molar-refractivity contribution in [3.63, 3.8) is 0 Å². The summed E-state index contributed by atoms with van der Waals surface area (Å²) in [6.45, 7) is 3.39. The molecular weight excluding hydrogens is 266 g/mol. The third kappa shape index (κ3) is 3.62. The molecule has 0 aromatic heterocycles. The summed E-state index contributed by atoms with van der Waals surface area (Å²) in [5.41, 5.74) is 0.499. The number of carbonyl (C=O) groups is 1. The number of benzene rings is 1. The molecule has 0 spiro atoms. The lowest BCUT2D eigenvalue weighted by Gasteiger charge is -2.16. The first-order chi connectivity index (χ1) is 8.80. The molecule has 0 radical (unpaired) electrons. The molecule has 0 aliphatic carbocycles. The minimum atomic E-state index is -3.60. The number of carbonyl (C=O) groups excluding carboxylic acids is 1. The number of rotatable bonds is 6. The maximum atomic E-state index is 12.1. The van der Waals surface area contributed by atoms with Crippen LogP contribution in [0.5, 0.6) is 0 Å². The van der Waals surface area contributed by atoms with Crippen LogP contribution >= 0.6 is 0 Å². The number of aliphatic hydroxyl groups is 1. The zero-order valence-electron chi connectivity index (χ0n) is 11.3. The van der Waals surface area contributed by atoms with Crippen LogP contribution in [0.15, 0.2) is 29.2 Å². The van der Waals surface area contributed by atoms with Crippen LogP contribution in [0.1, 0.15) is 24.2 Å². The number of sulfonamides is 1. The topological polar surface area (TPSA) is 74.7 Å². The van der Waals surface area contributed by atoms with Gasteiger partial charge in [0.25, 0.3) is 0 Å². The van der Waals surface area contributed by atoms with Crippen molar-refractivity contribution in [3.8, 4) is 0 Å². The van der Waals surface area contributed by atoms with E-state index >= 15 is 0 Å². The predicted molar refractivity (Wildman–Crippen MR) is 72.5 cm³/mol. The first kappa shape index (κ1) is 15.8. The highest BCUT2D eigenvalue weighted by molar-refractivity contribution is 7.89. The molecule has 0 saturated carbocycles. The van der Waals surface area contributed by atoms with Gasteiger partial charge in [-0.15, -0.1) is 0 Å². The highest BCUT2D eigenvalue weighted by Crippen LogP contribution is 2.16. The Morgan fingerprint density at radius 2 is 1.79 bits per heavy atom. The van der Waals surface area contributed by atoms with Crippen LogP contribution in [-0.2, 0) is 10.0 Å². The Labute approximate surface area is 113 Å². The Bertz CT molecular complexity index is 534. The van der Waals surface area contributed by atoms with Crippen LogP contribution in [0, 0.1) is 5.92 Å². The van der Waals surface area contributed by atoms with Crippen molar-refractivity contribution < 1.29 is 18.3 Å². The second-order valence-electron chi connectivity index (χ2n) is 4.59. The Morgan fingerprint density at radius 3 is 2.21 bits per heavy atom. The zero-order chi connectivity index (χ0) is 14.6. The van der Waals surface area contributed by atoms with Crippen molar-refractivity contribution in [3.05, 3.63) is 29.8 Å². The molecule has 1 N–H and O–H groups in total. The molecule has 6 heteroatoms. The quantitative estimate of drug-likeness (QED) is 0.795. The van der Waals surface area contributed by atoms with Gasteiger partial charge < -0.3 is 5.11 Å². The van der Waals surface area contributed by atoms with Crippen LogP contribution in [0.3, 0.4) is 0 Å². The summed E-state index contributed by atoms with van der Waals surface area (Å²) in [5.74, 6) is -0.146. The normalized spacial score (nSPS) is 12.1.